The molecule has 0 saturated carbocycles. The zero-order valence-corrected chi connectivity index (χ0v) is 11.9. The highest BCUT2D eigenvalue weighted by atomic mass is 15.2. The molecule has 1 aliphatic heterocycles. The summed E-state index contributed by atoms with van der Waals surface area (Å²) in [6.45, 7) is 9.23. The van der Waals surface area contributed by atoms with Gasteiger partial charge in [0.2, 0.25) is 0 Å². The van der Waals surface area contributed by atoms with Gasteiger partial charge >= 0.3 is 0 Å². The Balaban J connectivity index is 1.83. The van der Waals surface area contributed by atoms with Crippen molar-refractivity contribution < 1.29 is 0 Å². The van der Waals surface area contributed by atoms with Crippen molar-refractivity contribution >= 4 is 5.69 Å². The predicted molar refractivity (Wildman–Crippen MR) is 79.2 cm³/mol. The van der Waals surface area contributed by atoms with Crippen LogP contribution in [0.5, 0.6) is 0 Å². The summed E-state index contributed by atoms with van der Waals surface area (Å²) in [7, 11) is 0. The Hall–Kier alpha value is -1.02. The number of aryl methyl sites for hydroxylation is 1. The number of anilines is 1. The third-order valence-electron chi connectivity index (χ3n) is 3.99. The van der Waals surface area contributed by atoms with Gasteiger partial charge < -0.3 is 10.2 Å². The van der Waals surface area contributed by atoms with Gasteiger partial charge in [-0.15, -0.1) is 0 Å². The summed E-state index contributed by atoms with van der Waals surface area (Å²) >= 11 is 0. The molecular weight excluding hydrogens is 220 g/mol. The average Bonchev–Trinajstić information content (AvgIpc) is 2.40. The number of piperidine rings is 1. The van der Waals surface area contributed by atoms with Gasteiger partial charge in [0.25, 0.3) is 0 Å². The number of likely N-dealkylation sites (tertiary alicyclic amines) is 1. The summed E-state index contributed by atoms with van der Waals surface area (Å²) in [5.41, 5.74) is 2.69. The van der Waals surface area contributed by atoms with Crippen LogP contribution in [0.15, 0.2) is 24.3 Å². The highest BCUT2D eigenvalue weighted by Gasteiger charge is 2.20. The first-order valence-electron chi connectivity index (χ1n) is 7.28. The minimum absolute atomic E-state index is 0.646. The monoisotopic (exact) mass is 246 g/mol. The van der Waals surface area contributed by atoms with E-state index in [2.05, 4.69) is 55.3 Å². The van der Waals surface area contributed by atoms with Crippen molar-refractivity contribution in [1.82, 2.24) is 4.90 Å². The number of nitrogens with zero attached hydrogens (tertiary/aromatic N) is 1. The lowest BCUT2D eigenvalue weighted by atomic mass is 10.0. The molecule has 0 aliphatic carbocycles. The summed E-state index contributed by atoms with van der Waals surface area (Å²) < 4.78 is 0. The van der Waals surface area contributed by atoms with Gasteiger partial charge in [0, 0.05) is 30.9 Å². The van der Waals surface area contributed by atoms with E-state index in [-0.39, 0.29) is 0 Å². The molecule has 2 heteroatoms. The van der Waals surface area contributed by atoms with Gasteiger partial charge in [0.15, 0.2) is 0 Å². The van der Waals surface area contributed by atoms with Crippen molar-refractivity contribution in [1.29, 1.82) is 0 Å². The summed E-state index contributed by atoms with van der Waals surface area (Å²) in [4.78, 5) is 2.57. The fourth-order valence-electron chi connectivity index (χ4n) is 2.63. The minimum atomic E-state index is 0.646. The fourth-order valence-corrected chi connectivity index (χ4v) is 2.63. The second kappa shape index (κ2) is 6.24. The third-order valence-corrected chi connectivity index (χ3v) is 3.99. The molecule has 18 heavy (non-hydrogen) atoms. The molecule has 1 aromatic carbocycles. The summed E-state index contributed by atoms with van der Waals surface area (Å²) in [5, 5.41) is 3.66. The van der Waals surface area contributed by atoms with Crippen molar-refractivity contribution in [2.24, 2.45) is 0 Å². The molecule has 1 N–H and O–H groups in total. The number of benzene rings is 1. The molecule has 100 valence electrons. The first-order valence-corrected chi connectivity index (χ1v) is 7.28. The largest absolute Gasteiger partial charge is 0.382 e. The van der Waals surface area contributed by atoms with E-state index < -0.39 is 0 Å². The van der Waals surface area contributed by atoms with Gasteiger partial charge in [0.1, 0.15) is 0 Å². The Morgan fingerprint density at radius 1 is 1.17 bits per heavy atom. The van der Waals surface area contributed by atoms with E-state index in [0.717, 1.165) is 6.42 Å². The first kappa shape index (κ1) is 13.4. The lowest BCUT2D eigenvalue weighted by molar-refractivity contribution is 0.177. The maximum atomic E-state index is 3.66. The van der Waals surface area contributed by atoms with Gasteiger partial charge in [-0.2, -0.15) is 0 Å². The Bertz CT molecular complexity index is 348. The van der Waals surface area contributed by atoms with Crippen LogP contribution in [0.1, 0.15) is 39.2 Å². The van der Waals surface area contributed by atoms with Gasteiger partial charge in [-0.25, -0.2) is 0 Å². The molecule has 0 radical (unpaired) electrons. The lowest BCUT2D eigenvalue weighted by Crippen LogP contribution is -2.42. The molecular formula is C16H26N2. The zero-order chi connectivity index (χ0) is 13.0. The molecule has 0 atom stereocenters. The Kier molecular flexibility index (Phi) is 4.65. The van der Waals surface area contributed by atoms with Gasteiger partial charge in [-0.3, -0.25) is 0 Å². The van der Waals surface area contributed by atoms with Crippen molar-refractivity contribution in [2.75, 3.05) is 18.4 Å². The smallest absolute Gasteiger partial charge is 0.0342 e. The van der Waals surface area contributed by atoms with Crippen LogP contribution in [0.3, 0.4) is 0 Å². The molecule has 1 aromatic rings. The molecule has 0 bridgehead atoms. The molecule has 1 heterocycles. The average molecular weight is 246 g/mol. The number of nitrogens with one attached hydrogen (secondary N) is 1. The van der Waals surface area contributed by atoms with Crippen LogP contribution >= 0.6 is 0 Å². The van der Waals surface area contributed by atoms with Crippen LogP contribution < -0.4 is 5.32 Å². The van der Waals surface area contributed by atoms with Crippen molar-refractivity contribution in [3.8, 4) is 0 Å². The number of rotatable bonds is 4. The molecule has 0 unspecified atom stereocenters. The van der Waals surface area contributed by atoms with Gasteiger partial charge in [-0.05, 0) is 50.8 Å². The summed E-state index contributed by atoms with van der Waals surface area (Å²) in [6, 6.07) is 10.2. The van der Waals surface area contributed by atoms with Crippen LogP contribution in [0, 0.1) is 0 Å². The SMILES string of the molecule is CCc1ccc(NC2CCN(C(C)C)CC2)cc1. The van der Waals surface area contributed by atoms with E-state index in [1.807, 2.05) is 0 Å². The van der Waals surface area contributed by atoms with Crippen molar-refractivity contribution in [2.45, 2.75) is 52.1 Å². The van der Waals surface area contributed by atoms with E-state index in [9.17, 15) is 0 Å². The molecule has 0 amide bonds. The second-order valence-electron chi connectivity index (χ2n) is 5.60. The predicted octanol–water partition coefficient (Wildman–Crippen LogP) is 3.53. The Morgan fingerprint density at radius 2 is 1.78 bits per heavy atom. The van der Waals surface area contributed by atoms with E-state index in [1.165, 1.54) is 37.2 Å². The lowest BCUT2D eigenvalue weighted by Gasteiger charge is -2.35. The van der Waals surface area contributed by atoms with Crippen LogP contribution in [-0.4, -0.2) is 30.1 Å². The molecule has 1 saturated heterocycles. The van der Waals surface area contributed by atoms with E-state index in [1.54, 1.807) is 0 Å². The van der Waals surface area contributed by atoms with Crippen molar-refractivity contribution in [3.05, 3.63) is 29.8 Å². The zero-order valence-electron chi connectivity index (χ0n) is 11.9. The normalized spacial score (nSPS) is 18.2. The Morgan fingerprint density at radius 3 is 2.28 bits per heavy atom. The molecule has 0 aromatic heterocycles. The molecule has 1 fully saturated rings. The highest BCUT2D eigenvalue weighted by molar-refractivity contribution is 5.45. The molecule has 2 nitrogen and oxygen atoms in total. The quantitative estimate of drug-likeness (QED) is 0.874. The first-order chi connectivity index (χ1) is 8.69. The van der Waals surface area contributed by atoms with E-state index in [0.29, 0.717) is 12.1 Å². The van der Waals surface area contributed by atoms with Crippen LogP contribution in [-0.2, 0) is 6.42 Å². The fraction of sp³-hybridized carbons (Fsp3) is 0.625. The summed E-state index contributed by atoms with van der Waals surface area (Å²) in [5.74, 6) is 0. The summed E-state index contributed by atoms with van der Waals surface area (Å²) in [6.07, 6.45) is 3.63. The van der Waals surface area contributed by atoms with Crippen molar-refractivity contribution in [3.63, 3.8) is 0 Å². The second-order valence-corrected chi connectivity index (χ2v) is 5.60. The standard InChI is InChI=1S/C16H26N2/c1-4-14-5-7-15(8-6-14)17-16-9-11-18(12-10-16)13(2)3/h5-8,13,16-17H,4,9-12H2,1-3H3. The van der Waals surface area contributed by atoms with Gasteiger partial charge in [0.05, 0.1) is 0 Å². The molecule has 0 spiro atoms. The maximum absolute atomic E-state index is 3.66. The van der Waals surface area contributed by atoms with Crippen LogP contribution in [0.2, 0.25) is 0 Å². The maximum Gasteiger partial charge on any atom is 0.0342 e. The third kappa shape index (κ3) is 3.49. The van der Waals surface area contributed by atoms with Gasteiger partial charge in [-0.1, -0.05) is 19.1 Å². The van der Waals surface area contributed by atoms with Crippen LogP contribution in [0.4, 0.5) is 5.69 Å². The minimum Gasteiger partial charge on any atom is -0.382 e. The number of hydrogen-bond acceptors (Lipinski definition) is 2. The van der Waals surface area contributed by atoms with E-state index >= 15 is 0 Å². The van der Waals surface area contributed by atoms with E-state index in [4.69, 9.17) is 0 Å². The molecule has 1 aliphatic rings. The molecule has 2 rings (SSSR count). The Labute approximate surface area is 111 Å². The van der Waals surface area contributed by atoms with Crippen LogP contribution in [0.25, 0.3) is 0 Å². The number of hydrogen-bond donors (Lipinski definition) is 1. The topological polar surface area (TPSA) is 15.3 Å². The highest BCUT2D eigenvalue weighted by Crippen LogP contribution is 2.18.